The van der Waals surface area contributed by atoms with Crippen molar-refractivity contribution in [3.05, 3.63) is 76.9 Å². The van der Waals surface area contributed by atoms with Gasteiger partial charge < -0.3 is 24.8 Å². The summed E-state index contributed by atoms with van der Waals surface area (Å²) >= 11 is 0. The van der Waals surface area contributed by atoms with Crippen LogP contribution >= 0.6 is 0 Å². The second kappa shape index (κ2) is 13.5. The molecule has 222 valence electrons. The van der Waals surface area contributed by atoms with Gasteiger partial charge in [0, 0.05) is 36.6 Å². The third-order valence-corrected chi connectivity index (χ3v) is 7.35. The second-order valence-electron chi connectivity index (χ2n) is 11.0. The van der Waals surface area contributed by atoms with Crippen molar-refractivity contribution in [2.75, 3.05) is 13.1 Å². The zero-order valence-electron chi connectivity index (χ0n) is 24.1. The van der Waals surface area contributed by atoms with Crippen LogP contribution in [0.3, 0.4) is 0 Å². The summed E-state index contributed by atoms with van der Waals surface area (Å²) < 4.78 is 16.9. The van der Waals surface area contributed by atoms with E-state index in [0.29, 0.717) is 36.3 Å². The summed E-state index contributed by atoms with van der Waals surface area (Å²) in [7, 11) is 0. The van der Waals surface area contributed by atoms with Crippen LogP contribution in [0.15, 0.2) is 60.2 Å². The molecule has 2 aromatic carbocycles. The van der Waals surface area contributed by atoms with E-state index in [9.17, 15) is 24.0 Å². The summed E-state index contributed by atoms with van der Waals surface area (Å²) in [6.07, 6.45) is -0.191. The molecule has 0 saturated carbocycles. The Balaban J connectivity index is 1.16. The summed E-state index contributed by atoms with van der Waals surface area (Å²) in [5.41, 5.74) is 1.02. The molecule has 0 bridgehead atoms. The van der Waals surface area contributed by atoms with Crippen LogP contribution in [0.1, 0.15) is 67.9 Å². The number of esters is 1. The van der Waals surface area contributed by atoms with Crippen molar-refractivity contribution < 1.29 is 38.2 Å². The highest BCUT2D eigenvalue weighted by molar-refractivity contribution is 6.52. The van der Waals surface area contributed by atoms with Crippen molar-refractivity contribution in [3.8, 4) is 0 Å². The van der Waals surface area contributed by atoms with Crippen molar-refractivity contribution in [1.82, 2.24) is 10.6 Å². The minimum Gasteiger partial charge on any atom is -0.483 e. The van der Waals surface area contributed by atoms with Gasteiger partial charge in [0.15, 0.2) is 0 Å². The maximum atomic E-state index is 12.8. The molecule has 10 nitrogen and oxygen atoms in total. The number of carbonyl (C=O) groups excluding carboxylic acids is 5. The van der Waals surface area contributed by atoms with E-state index in [1.165, 1.54) is 0 Å². The molecule has 0 fully saturated rings. The highest BCUT2D eigenvalue weighted by Crippen LogP contribution is 2.42. The number of ether oxygens (including phenoxy) is 3. The van der Waals surface area contributed by atoms with Crippen LogP contribution in [0, 0.1) is 5.92 Å². The van der Waals surface area contributed by atoms with E-state index in [1.54, 1.807) is 45.0 Å². The summed E-state index contributed by atoms with van der Waals surface area (Å²) in [6.45, 7) is 5.94. The Morgan fingerprint density at radius 3 is 2.38 bits per heavy atom. The van der Waals surface area contributed by atoms with E-state index >= 15 is 0 Å². The van der Waals surface area contributed by atoms with Crippen molar-refractivity contribution >= 4 is 35.3 Å². The molecule has 1 aliphatic carbocycles. The molecular weight excluding hydrogens is 540 g/mol. The van der Waals surface area contributed by atoms with Gasteiger partial charge in [-0.05, 0) is 32.3 Å². The minimum absolute atomic E-state index is 0.0597. The predicted molar refractivity (Wildman–Crippen MR) is 153 cm³/mol. The highest BCUT2D eigenvalue weighted by atomic mass is 16.6. The van der Waals surface area contributed by atoms with Crippen LogP contribution < -0.4 is 10.6 Å². The summed E-state index contributed by atoms with van der Waals surface area (Å²) in [5.74, 6) is -1.99. The lowest BCUT2D eigenvalue weighted by Gasteiger charge is -2.41. The molecule has 0 radical (unpaired) electrons. The fourth-order valence-electron chi connectivity index (χ4n) is 4.83. The molecular formula is C32H36N2O8. The zero-order chi connectivity index (χ0) is 30.3. The monoisotopic (exact) mass is 576 g/mol. The summed E-state index contributed by atoms with van der Waals surface area (Å²) in [6, 6.07) is 16.2. The van der Waals surface area contributed by atoms with Gasteiger partial charge in [0.1, 0.15) is 24.1 Å². The van der Waals surface area contributed by atoms with E-state index in [4.69, 9.17) is 14.2 Å². The number of fused-ring (bicyclic) bond motifs is 2. The molecule has 10 heteroatoms. The number of ketones is 2. The van der Waals surface area contributed by atoms with Crippen LogP contribution in [0.4, 0.5) is 4.79 Å². The lowest BCUT2D eigenvalue weighted by Crippen LogP contribution is -2.47. The number of hydrogen-bond acceptors (Lipinski definition) is 8. The molecule has 2 atom stereocenters. The standard InChI is InChI=1S/C32H36N2O8/c1-20(10-9-16-34-31(39)40-19-21-11-5-4-6-12-21)30(38)33-17-15-26(35)41-25-18-24-28(37)27(36)22-13-7-8-14-23(22)29(24)42-32(25,2)3/h4-8,11-14,20,25H,9-10,15-19H2,1-3H3,(H,33,38)(H,34,39)/t20-,25?/m0/s1. The molecule has 1 heterocycles. The molecule has 0 saturated heterocycles. The molecule has 2 N–H and O–H groups in total. The minimum atomic E-state index is -0.942. The van der Waals surface area contributed by atoms with Crippen molar-refractivity contribution in [3.63, 3.8) is 0 Å². The largest absolute Gasteiger partial charge is 0.483 e. The predicted octanol–water partition coefficient (Wildman–Crippen LogP) is 4.12. The average Bonchev–Trinajstić information content (AvgIpc) is 2.98. The first kappa shape index (κ1) is 30.5. The van der Waals surface area contributed by atoms with E-state index in [2.05, 4.69) is 10.6 Å². The lowest BCUT2D eigenvalue weighted by atomic mass is 9.81. The second-order valence-corrected chi connectivity index (χ2v) is 11.0. The first-order valence-corrected chi connectivity index (χ1v) is 14.1. The van der Waals surface area contributed by atoms with Gasteiger partial charge in [-0.3, -0.25) is 19.2 Å². The van der Waals surface area contributed by atoms with Gasteiger partial charge in [0.2, 0.25) is 17.5 Å². The Hall–Kier alpha value is -4.47. The van der Waals surface area contributed by atoms with Gasteiger partial charge in [-0.1, -0.05) is 61.5 Å². The molecule has 2 aliphatic rings. The Morgan fingerprint density at radius 2 is 1.64 bits per heavy atom. The third-order valence-electron chi connectivity index (χ3n) is 7.35. The van der Waals surface area contributed by atoms with E-state index < -0.39 is 35.3 Å². The number of alkyl carbamates (subject to hydrolysis) is 1. The number of hydrogen-bond donors (Lipinski definition) is 2. The Morgan fingerprint density at radius 1 is 0.952 bits per heavy atom. The van der Waals surface area contributed by atoms with Crippen molar-refractivity contribution in [1.29, 1.82) is 0 Å². The number of amides is 2. The first-order chi connectivity index (χ1) is 20.1. The molecule has 1 aliphatic heterocycles. The smallest absolute Gasteiger partial charge is 0.407 e. The number of carbonyl (C=O) groups is 5. The molecule has 0 spiro atoms. The summed E-state index contributed by atoms with van der Waals surface area (Å²) in [5, 5.41) is 5.41. The Labute approximate surface area is 244 Å². The summed E-state index contributed by atoms with van der Waals surface area (Å²) in [4.78, 5) is 62.3. The topological polar surface area (TPSA) is 137 Å². The molecule has 0 aromatic heterocycles. The van der Waals surface area contributed by atoms with Crippen LogP contribution in [0.5, 0.6) is 0 Å². The van der Waals surface area contributed by atoms with Gasteiger partial charge >= 0.3 is 12.1 Å². The quantitative estimate of drug-likeness (QED) is 0.232. The number of Topliss-reactive ketones (excluding diaryl/α,β-unsaturated/α-hetero) is 2. The molecule has 42 heavy (non-hydrogen) atoms. The van der Waals surface area contributed by atoms with Gasteiger partial charge in [0.25, 0.3) is 0 Å². The van der Waals surface area contributed by atoms with Crippen molar-refractivity contribution in [2.24, 2.45) is 5.92 Å². The maximum Gasteiger partial charge on any atom is 0.407 e. The lowest BCUT2D eigenvalue weighted by molar-refractivity contribution is -0.163. The molecule has 2 amide bonds. The third kappa shape index (κ3) is 7.43. The Bertz CT molecular complexity index is 1380. The van der Waals surface area contributed by atoms with E-state index in [-0.39, 0.29) is 43.4 Å². The van der Waals surface area contributed by atoms with Gasteiger partial charge in [-0.2, -0.15) is 0 Å². The van der Waals surface area contributed by atoms with Gasteiger partial charge in [-0.25, -0.2) is 4.79 Å². The number of nitrogens with one attached hydrogen (secondary N) is 2. The fourth-order valence-corrected chi connectivity index (χ4v) is 4.83. The zero-order valence-corrected chi connectivity index (χ0v) is 24.1. The van der Waals surface area contributed by atoms with Gasteiger partial charge in [-0.15, -0.1) is 0 Å². The number of rotatable bonds is 11. The van der Waals surface area contributed by atoms with E-state index in [0.717, 1.165) is 5.56 Å². The molecule has 1 unspecified atom stereocenters. The van der Waals surface area contributed by atoms with Crippen LogP contribution in [-0.2, 0) is 35.2 Å². The SMILES string of the molecule is C[C@@H](CCCNC(=O)OCc1ccccc1)C(=O)NCCC(=O)OC1CC2=C(OC1(C)C)c1ccccc1C(=O)C2=O. The van der Waals surface area contributed by atoms with Crippen molar-refractivity contribution in [2.45, 2.75) is 64.8 Å². The maximum absolute atomic E-state index is 12.8. The number of benzene rings is 2. The molecule has 4 rings (SSSR count). The van der Waals surface area contributed by atoms with E-state index in [1.807, 2.05) is 30.3 Å². The normalized spacial score (nSPS) is 17.7. The van der Waals surface area contributed by atoms with Gasteiger partial charge in [0.05, 0.1) is 12.0 Å². The highest BCUT2D eigenvalue weighted by Gasteiger charge is 2.46. The Kier molecular flexibility index (Phi) is 9.77. The van der Waals surface area contributed by atoms with Crippen LogP contribution in [0.2, 0.25) is 0 Å². The average molecular weight is 577 g/mol. The first-order valence-electron chi connectivity index (χ1n) is 14.1. The van der Waals surface area contributed by atoms with Crippen LogP contribution in [-0.4, -0.2) is 54.3 Å². The molecule has 2 aromatic rings. The fraction of sp³-hybridized carbons (Fsp3) is 0.406. The van der Waals surface area contributed by atoms with Crippen LogP contribution in [0.25, 0.3) is 5.76 Å².